The van der Waals surface area contributed by atoms with Crippen LogP contribution in [0.25, 0.3) is 10.2 Å². The second-order valence-electron chi connectivity index (χ2n) is 6.74. The van der Waals surface area contributed by atoms with Crippen molar-refractivity contribution in [2.45, 2.75) is 18.4 Å². The highest BCUT2D eigenvalue weighted by Gasteiger charge is 2.20. The fourth-order valence-corrected chi connectivity index (χ4v) is 5.54. The second-order valence-corrected chi connectivity index (χ2v) is 9.85. The lowest BCUT2D eigenvalue weighted by molar-refractivity contribution is 0.379. The Balaban J connectivity index is 1.71. The van der Waals surface area contributed by atoms with Crippen molar-refractivity contribution in [1.82, 2.24) is 4.57 Å². The molecule has 0 fully saturated rings. The summed E-state index contributed by atoms with van der Waals surface area (Å²) in [7, 11) is -2.47. The predicted octanol–water partition coefficient (Wildman–Crippen LogP) is 5.34. The van der Waals surface area contributed by atoms with E-state index in [2.05, 4.69) is 4.72 Å². The summed E-state index contributed by atoms with van der Waals surface area (Å²) in [6.45, 7) is 2.37. The molecule has 0 aliphatic heterocycles. The zero-order valence-corrected chi connectivity index (χ0v) is 19.6. The Kier molecular flexibility index (Phi) is 6.14. The molecule has 0 spiro atoms. The van der Waals surface area contributed by atoms with E-state index in [1.807, 2.05) is 6.92 Å². The Morgan fingerprint density at radius 2 is 1.78 bits per heavy atom. The quantitative estimate of drug-likeness (QED) is 0.378. The molecule has 166 valence electrons. The monoisotopic (exact) mass is 490 g/mol. The van der Waals surface area contributed by atoms with Crippen molar-refractivity contribution in [3.8, 4) is 17.2 Å². The summed E-state index contributed by atoms with van der Waals surface area (Å²) in [5, 5.41) is 0.337. The van der Waals surface area contributed by atoms with E-state index in [1.54, 1.807) is 47.0 Å². The molecule has 0 unspecified atom stereocenters. The SMILES string of the molecule is CCn1c(=O)sc2cc(S(=O)(=O)Nc3cc(Cl)ccc3Oc3ccccc3OC)ccc21. The minimum absolute atomic E-state index is 0.0257. The number of ether oxygens (including phenoxy) is 2. The molecule has 1 N–H and O–H groups in total. The van der Waals surface area contributed by atoms with Crippen LogP contribution in [0.4, 0.5) is 5.69 Å². The second kappa shape index (κ2) is 8.85. The van der Waals surface area contributed by atoms with Crippen molar-refractivity contribution < 1.29 is 17.9 Å². The van der Waals surface area contributed by atoms with Crippen LogP contribution in [0.5, 0.6) is 17.2 Å². The van der Waals surface area contributed by atoms with Crippen LogP contribution in [0.15, 0.2) is 70.4 Å². The lowest BCUT2D eigenvalue weighted by atomic mass is 10.3. The highest BCUT2D eigenvalue weighted by atomic mass is 35.5. The molecule has 1 aromatic heterocycles. The normalized spacial score (nSPS) is 11.5. The highest BCUT2D eigenvalue weighted by Crippen LogP contribution is 2.37. The molecule has 3 aromatic carbocycles. The molecule has 4 rings (SSSR count). The van der Waals surface area contributed by atoms with Gasteiger partial charge in [-0.15, -0.1) is 0 Å². The minimum atomic E-state index is -3.99. The fourth-order valence-electron chi connectivity index (χ4n) is 3.21. The van der Waals surface area contributed by atoms with E-state index in [4.69, 9.17) is 21.1 Å². The number of methoxy groups -OCH3 is 1. The van der Waals surface area contributed by atoms with Gasteiger partial charge < -0.3 is 9.47 Å². The van der Waals surface area contributed by atoms with Crippen LogP contribution in [0, 0.1) is 0 Å². The first-order valence-corrected chi connectivity index (χ1v) is 12.3. The predicted molar refractivity (Wildman–Crippen MR) is 127 cm³/mol. The standard InChI is InChI=1S/C22H19ClN2O5S2/c1-3-25-17-10-9-15(13-21(17)31-22(25)26)32(27,28)24-16-12-14(23)8-11-18(16)30-20-7-5-4-6-19(20)29-2/h4-13,24H,3H2,1-2H3. The molecule has 0 saturated carbocycles. The molecule has 0 atom stereocenters. The summed E-state index contributed by atoms with van der Waals surface area (Å²) < 4.78 is 42.2. The number of rotatable bonds is 7. The van der Waals surface area contributed by atoms with Crippen LogP contribution in [0.3, 0.4) is 0 Å². The van der Waals surface area contributed by atoms with Crippen LogP contribution in [0.2, 0.25) is 5.02 Å². The van der Waals surface area contributed by atoms with Crippen molar-refractivity contribution in [2.75, 3.05) is 11.8 Å². The number of nitrogens with zero attached hydrogens (tertiary/aromatic N) is 1. The van der Waals surface area contributed by atoms with E-state index in [1.165, 1.54) is 25.3 Å². The van der Waals surface area contributed by atoms with Crippen LogP contribution in [-0.4, -0.2) is 20.1 Å². The number of fused-ring (bicyclic) bond motifs is 1. The Hall–Kier alpha value is -3.01. The number of hydrogen-bond donors (Lipinski definition) is 1. The molecular weight excluding hydrogens is 472 g/mol. The number of aromatic nitrogens is 1. The van der Waals surface area contributed by atoms with Gasteiger partial charge in [-0.2, -0.15) is 0 Å². The molecule has 0 amide bonds. The molecule has 1 heterocycles. The number of hydrogen-bond acceptors (Lipinski definition) is 6. The van der Waals surface area contributed by atoms with Gasteiger partial charge in [0.15, 0.2) is 17.2 Å². The number of para-hydroxylation sites is 2. The summed E-state index contributed by atoms with van der Waals surface area (Å²) in [6.07, 6.45) is 0. The largest absolute Gasteiger partial charge is 0.493 e. The summed E-state index contributed by atoms with van der Waals surface area (Å²) in [5.74, 6) is 1.17. The third-order valence-corrected chi connectivity index (χ3v) is 7.28. The first-order valence-electron chi connectivity index (χ1n) is 9.59. The number of benzene rings is 3. The smallest absolute Gasteiger partial charge is 0.308 e. The summed E-state index contributed by atoms with van der Waals surface area (Å²) >= 11 is 7.12. The van der Waals surface area contributed by atoms with Crippen LogP contribution < -0.4 is 19.1 Å². The average Bonchev–Trinajstić information content (AvgIpc) is 3.09. The Labute approximate surface area is 193 Å². The lowest BCUT2D eigenvalue weighted by Crippen LogP contribution is -2.14. The average molecular weight is 491 g/mol. The molecule has 0 aliphatic rings. The summed E-state index contributed by atoms with van der Waals surface area (Å²) in [4.78, 5) is 12.0. The van der Waals surface area contributed by atoms with Crippen LogP contribution >= 0.6 is 22.9 Å². The van der Waals surface area contributed by atoms with E-state index in [9.17, 15) is 13.2 Å². The molecule has 32 heavy (non-hydrogen) atoms. The van der Waals surface area contributed by atoms with Gasteiger partial charge in [0.05, 0.1) is 27.9 Å². The van der Waals surface area contributed by atoms with Gasteiger partial charge in [-0.25, -0.2) is 8.42 Å². The van der Waals surface area contributed by atoms with Gasteiger partial charge in [0.2, 0.25) is 0 Å². The van der Waals surface area contributed by atoms with Gasteiger partial charge in [0, 0.05) is 11.6 Å². The maximum absolute atomic E-state index is 13.1. The fraction of sp³-hybridized carbons (Fsp3) is 0.136. The van der Waals surface area contributed by atoms with Crippen LogP contribution in [-0.2, 0) is 16.6 Å². The van der Waals surface area contributed by atoms with Gasteiger partial charge in [-0.05, 0) is 55.5 Å². The van der Waals surface area contributed by atoms with E-state index in [-0.39, 0.29) is 21.2 Å². The number of aryl methyl sites for hydroxylation is 1. The zero-order valence-electron chi connectivity index (χ0n) is 17.2. The molecule has 0 radical (unpaired) electrons. The van der Waals surface area contributed by atoms with Gasteiger partial charge in [0.25, 0.3) is 10.0 Å². The van der Waals surface area contributed by atoms with Crippen LogP contribution in [0.1, 0.15) is 6.92 Å². The van der Waals surface area contributed by atoms with E-state index >= 15 is 0 Å². The Morgan fingerprint density at radius 1 is 1.03 bits per heavy atom. The van der Waals surface area contributed by atoms with Crippen molar-refractivity contribution in [1.29, 1.82) is 0 Å². The third kappa shape index (κ3) is 4.32. The Morgan fingerprint density at radius 3 is 2.50 bits per heavy atom. The minimum Gasteiger partial charge on any atom is -0.493 e. The molecule has 4 aromatic rings. The van der Waals surface area contributed by atoms with Gasteiger partial charge in [0.1, 0.15) is 0 Å². The number of halogens is 1. The number of anilines is 1. The summed E-state index contributed by atoms with van der Waals surface area (Å²) in [5.41, 5.74) is 0.868. The van der Waals surface area contributed by atoms with Gasteiger partial charge in [-0.3, -0.25) is 14.1 Å². The summed E-state index contributed by atoms with van der Waals surface area (Å²) in [6, 6.07) is 16.2. The number of thiazole rings is 1. The maximum atomic E-state index is 13.1. The number of nitrogens with one attached hydrogen (secondary N) is 1. The first kappa shape index (κ1) is 22.2. The van der Waals surface area contributed by atoms with Gasteiger partial charge >= 0.3 is 4.87 Å². The van der Waals surface area contributed by atoms with E-state index in [0.29, 0.717) is 33.3 Å². The van der Waals surface area contributed by atoms with Crippen molar-refractivity contribution in [2.24, 2.45) is 0 Å². The third-order valence-electron chi connectivity index (χ3n) is 4.74. The Bertz CT molecular complexity index is 1460. The van der Waals surface area contributed by atoms with E-state index < -0.39 is 10.0 Å². The topological polar surface area (TPSA) is 86.6 Å². The highest BCUT2D eigenvalue weighted by molar-refractivity contribution is 7.92. The van der Waals surface area contributed by atoms with Gasteiger partial charge in [-0.1, -0.05) is 35.1 Å². The maximum Gasteiger partial charge on any atom is 0.308 e. The van der Waals surface area contributed by atoms with Crippen molar-refractivity contribution in [3.63, 3.8) is 0 Å². The zero-order chi connectivity index (χ0) is 22.9. The molecule has 0 bridgehead atoms. The molecule has 0 saturated heterocycles. The molecule has 0 aliphatic carbocycles. The molecule has 7 nitrogen and oxygen atoms in total. The molecule has 10 heteroatoms. The van der Waals surface area contributed by atoms with Crippen molar-refractivity contribution in [3.05, 3.63) is 75.4 Å². The lowest BCUT2D eigenvalue weighted by Gasteiger charge is -2.15. The first-order chi connectivity index (χ1) is 15.3. The van der Waals surface area contributed by atoms with E-state index in [0.717, 1.165) is 11.3 Å². The number of sulfonamides is 1. The molecular formula is C22H19ClN2O5S2. The van der Waals surface area contributed by atoms with Crippen molar-refractivity contribution >= 4 is 48.9 Å².